The maximum atomic E-state index is 11.2. The minimum Gasteiger partial charge on any atom is -0.480 e. The van der Waals surface area contributed by atoms with Crippen molar-refractivity contribution in [1.29, 1.82) is 0 Å². The average molecular weight is 347 g/mol. The second-order valence-corrected chi connectivity index (χ2v) is 4.33. The van der Waals surface area contributed by atoms with Crippen LogP contribution in [0.1, 0.15) is 0 Å². The van der Waals surface area contributed by atoms with Gasteiger partial charge in [-0.25, -0.2) is 4.79 Å². The molecule has 138 valence electrons. The number of amides is 1. The standard InChI is InChI=1S/C15H25NO8/c1-2-4-20-6-8-22-10-11-23-9-7-21-5-3-16-14(17)12-24-13-15(18)19/h1H,3-13H2,(H,16,17)(H,18,19). The van der Waals surface area contributed by atoms with Crippen molar-refractivity contribution in [3.63, 3.8) is 0 Å². The summed E-state index contributed by atoms with van der Waals surface area (Å²) in [6.07, 6.45) is 5.02. The lowest BCUT2D eigenvalue weighted by atomic mass is 10.6. The second kappa shape index (κ2) is 17.7. The molecule has 2 N–H and O–H groups in total. The number of carboxylic acid groups (broad SMARTS) is 1. The minimum atomic E-state index is -1.12. The number of carbonyl (C=O) groups excluding carboxylic acids is 1. The molecule has 0 aliphatic carbocycles. The van der Waals surface area contributed by atoms with E-state index < -0.39 is 12.6 Å². The SMILES string of the molecule is C#CCOCCOCCOCCOCCNC(=O)COCC(=O)O. The lowest BCUT2D eigenvalue weighted by molar-refractivity contribution is -0.143. The summed E-state index contributed by atoms with van der Waals surface area (Å²) >= 11 is 0. The zero-order chi connectivity index (χ0) is 17.9. The van der Waals surface area contributed by atoms with Gasteiger partial charge in [0.15, 0.2) is 0 Å². The molecular weight excluding hydrogens is 322 g/mol. The molecule has 0 saturated carbocycles. The highest BCUT2D eigenvalue weighted by Gasteiger charge is 2.02. The average Bonchev–Trinajstić information content (AvgIpc) is 2.55. The van der Waals surface area contributed by atoms with Crippen LogP contribution >= 0.6 is 0 Å². The summed E-state index contributed by atoms with van der Waals surface area (Å²) in [5.74, 6) is 0.853. The Morgan fingerprint density at radius 1 is 0.833 bits per heavy atom. The van der Waals surface area contributed by atoms with Crippen molar-refractivity contribution in [2.45, 2.75) is 0 Å². The fourth-order valence-electron chi connectivity index (χ4n) is 1.34. The first kappa shape index (κ1) is 22.3. The van der Waals surface area contributed by atoms with E-state index in [2.05, 4.69) is 16.0 Å². The summed E-state index contributed by atoms with van der Waals surface area (Å²) in [5, 5.41) is 10.9. The van der Waals surface area contributed by atoms with Gasteiger partial charge < -0.3 is 34.1 Å². The predicted molar refractivity (Wildman–Crippen MR) is 83.6 cm³/mol. The Labute approximate surface area is 141 Å². The monoisotopic (exact) mass is 347 g/mol. The van der Waals surface area contributed by atoms with E-state index in [4.69, 9.17) is 30.5 Å². The third-order valence-corrected chi connectivity index (χ3v) is 2.33. The van der Waals surface area contributed by atoms with Crippen molar-refractivity contribution >= 4 is 11.9 Å². The maximum absolute atomic E-state index is 11.2. The topological polar surface area (TPSA) is 113 Å². The van der Waals surface area contributed by atoms with Crippen LogP contribution in [0.5, 0.6) is 0 Å². The molecule has 9 heteroatoms. The normalized spacial score (nSPS) is 10.3. The van der Waals surface area contributed by atoms with Crippen molar-refractivity contribution in [3.05, 3.63) is 0 Å². The van der Waals surface area contributed by atoms with Gasteiger partial charge in [0.25, 0.3) is 0 Å². The van der Waals surface area contributed by atoms with E-state index in [1.165, 1.54) is 0 Å². The van der Waals surface area contributed by atoms with Crippen molar-refractivity contribution in [1.82, 2.24) is 5.32 Å². The molecule has 0 saturated heterocycles. The molecule has 9 nitrogen and oxygen atoms in total. The van der Waals surface area contributed by atoms with Gasteiger partial charge in [-0.1, -0.05) is 5.92 Å². The molecule has 0 aromatic rings. The molecule has 0 radical (unpaired) electrons. The van der Waals surface area contributed by atoms with E-state index in [0.717, 1.165) is 0 Å². The van der Waals surface area contributed by atoms with Crippen LogP contribution in [0.25, 0.3) is 0 Å². The van der Waals surface area contributed by atoms with Gasteiger partial charge in [-0.3, -0.25) is 4.79 Å². The quantitative estimate of drug-likeness (QED) is 0.252. The van der Waals surface area contributed by atoms with Crippen molar-refractivity contribution < 1.29 is 38.4 Å². The number of ether oxygens (including phenoxy) is 5. The number of carboxylic acids is 1. The number of nitrogens with one attached hydrogen (secondary N) is 1. The van der Waals surface area contributed by atoms with E-state index in [0.29, 0.717) is 52.8 Å². The van der Waals surface area contributed by atoms with Gasteiger partial charge in [-0.05, 0) is 0 Å². The molecule has 1 amide bonds. The van der Waals surface area contributed by atoms with E-state index in [9.17, 15) is 9.59 Å². The molecule has 0 heterocycles. The summed E-state index contributed by atoms with van der Waals surface area (Å²) < 4.78 is 25.4. The number of hydrogen-bond donors (Lipinski definition) is 2. The van der Waals surface area contributed by atoms with Gasteiger partial charge in [-0.15, -0.1) is 6.42 Å². The Balaban J connectivity index is 3.13. The van der Waals surface area contributed by atoms with E-state index in [1.54, 1.807) is 0 Å². The fraction of sp³-hybridized carbons (Fsp3) is 0.733. The molecular formula is C15H25NO8. The number of terminal acetylenes is 1. The van der Waals surface area contributed by atoms with Crippen molar-refractivity contribution in [2.24, 2.45) is 0 Å². The Hall–Kier alpha value is -1.70. The largest absolute Gasteiger partial charge is 0.480 e. The lowest BCUT2D eigenvalue weighted by Gasteiger charge is -2.08. The molecule has 0 unspecified atom stereocenters. The van der Waals surface area contributed by atoms with Crippen LogP contribution in [0, 0.1) is 12.3 Å². The molecule has 0 fully saturated rings. The Morgan fingerprint density at radius 3 is 1.92 bits per heavy atom. The highest BCUT2D eigenvalue weighted by atomic mass is 16.6. The second-order valence-electron chi connectivity index (χ2n) is 4.33. The van der Waals surface area contributed by atoms with Crippen LogP contribution in [0.15, 0.2) is 0 Å². The third kappa shape index (κ3) is 18.3. The molecule has 0 rings (SSSR count). The molecule has 0 aliphatic heterocycles. The van der Waals surface area contributed by atoms with Crippen LogP contribution in [-0.4, -0.2) is 89.6 Å². The Morgan fingerprint density at radius 2 is 1.38 bits per heavy atom. The zero-order valence-corrected chi connectivity index (χ0v) is 13.7. The molecule has 0 aliphatic rings. The van der Waals surface area contributed by atoms with Gasteiger partial charge in [0.05, 0.1) is 46.2 Å². The number of aliphatic carboxylic acids is 1. The smallest absolute Gasteiger partial charge is 0.329 e. The molecule has 0 aromatic heterocycles. The van der Waals surface area contributed by atoms with Gasteiger partial charge in [0.2, 0.25) is 5.91 Å². The number of rotatable bonds is 17. The summed E-state index contributed by atoms with van der Waals surface area (Å²) in [7, 11) is 0. The highest BCUT2D eigenvalue weighted by Crippen LogP contribution is 1.83. The molecule has 0 spiro atoms. The van der Waals surface area contributed by atoms with Crippen LogP contribution in [0.3, 0.4) is 0 Å². The summed E-state index contributed by atoms with van der Waals surface area (Å²) in [6.45, 7) is 2.81. The molecule has 24 heavy (non-hydrogen) atoms. The minimum absolute atomic E-state index is 0.285. The van der Waals surface area contributed by atoms with Crippen molar-refractivity contribution in [3.8, 4) is 12.3 Å². The molecule has 0 atom stereocenters. The zero-order valence-electron chi connectivity index (χ0n) is 13.7. The summed E-state index contributed by atoms with van der Waals surface area (Å²) in [4.78, 5) is 21.4. The maximum Gasteiger partial charge on any atom is 0.329 e. The number of hydrogen-bond acceptors (Lipinski definition) is 7. The van der Waals surface area contributed by atoms with E-state index in [-0.39, 0.29) is 19.1 Å². The lowest BCUT2D eigenvalue weighted by Crippen LogP contribution is -2.31. The predicted octanol–water partition coefficient (Wildman–Crippen LogP) is -1.10. The van der Waals surface area contributed by atoms with Crippen LogP contribution < -0.4 is 5.32 Å². The molecule has 0 bridgehead atoms. The van der Waals surface area contributed by atoms with Crippen molar-refractivity contribution in [2.75, 3.05) is 72.6 Å². The van der Waals surface area contributed by atoms with Gasteiger partial charge in [0.1, 0.15) is 19.8 Å². The summed E-state index contributed by atoms with van der Waals surface area (Å²) in [6, 6.07) is 0. The number of carbonyl (C=O) groups is 2. The first-order valence-electron chi connectivity index (χ1n) is 7.47. The van der Waals surface area contributed by atoms with E-state index >= 15 is 0 Å². The fourth-order valence-corrected chi connectivity index (χ4v) is 1.34. The molecule has 0 aromatic carbocycles. The first-order valence-corrected chi connectivity index (χ1v) is 7.47. The van der Waals surface area contributed by atoms with Gasteiger partial charge in [0, 0.05) is 6.54 Å². The van der Waals surface area contributed by atoms with Crippen LogP contribution in [0.4, 0.5) is 0 Å². The van der Waals surface area contributed by atoms with Crippen LogP contribution in [-0.2, 0) is 33.3 Å². The first-order chi connectivity index (χ1) is 11.7. The van der Waals surface area contributed by atoms with E-state index in [1.807, 2.05) is 0 Å². The van der Waals surface area contributed by atoms with Gasteiger partial charge in [-0.2, -0.15) is 0 Å². The summed E-state index contributed by atoms with van der Waals surface area (Å²) in [5.41, 5.74) is 0. The Bertz CT molecular complexity index is 369. The Kier molecular flexibility index (Phi) is 16.4. The van der Waals surface area contributed by atoms with Crippen LogP contribution in [0.2, 0.25) is 0 Å². The van der Waals surface area contributed by atoms with Gasteiger partial charge >= 0.3 is 5.97 Å². The highest BCUT2D eigenvalue weighted by molar-refractivity contribution is 5.77. The third-order valence-electron chi connectivity index (χ3n) is 2.33.